The van der Waals surface area contributed by atoms with Gasteiger partial charge in [-0.15, -0.1) is 34.5 Å². The van der Waals surface area contributed by atoms with Crippen molar-refractivity contribution in [3.63, 3.8) is 0 Å². The van der Waals surface area contributed by atoms with E-state index < -0.39 is 4.44 Å². The molecule has 0 aromatic heterocycles. The molecule has 0 saturated heterocycles. The molecule has 0 nitrogen and oxygen atoms in total. The third-order valence-corrected chi connectivity index (χ3v) is 17.3. The van der Waals surface area contributed by atoms with Crippen molar-refractivity contribution >= 4 is 50.8 Å². The summed E-state index contributed by atoms with van der Waals surface area (Å²) in [7, 11) is 0. The lowest BCUT2D eigenvalue weighted by Crippen LogP contribution is -1.94. The molecule has 1 aromatic carbocycles. The Morgan fingerprint density at radius 3 is 2.00 bits per heavy atom. The summed E-state index contributed by atoms with van der Waals surface area (Å²) in [5.41, 5.74) is 1.41. The highest BCUT2D eigenvalue weighted by molar-refractivity contribution is 9.01. The maximum Gasteiger partial charge on any atom is 0.0759 e. The zero-order chi connectivity index (χ0) is 13.4. The van der Waals surface area contributed by atoms with Crippen LogP contribution in [0.1, 0.15) is 31.3 Å². The van der Waals surface area contributed by atoms with E-state index >= 15 is 0 Å². The summed E-state index contributed by atoms with van der Waals surface area (Å²) in [5.74, 6) is 3.38. The highest BCUT2D eigenvalue weighted by Gasteiger charge is 2.30. The first-order valence-corrected chi connectivity index (χ1v) is 13.3. The lowest BCUT2D eigenvalue weighted by Gasteiger charge is -2.29. The van der Waals surface area contributed by atoms with Crippen molar-refractivity contribution in [3.8, 4) is 0 Å². The first-order valence-electron chi connectivity index (χ1n) is 6.23. The molecule has 5 heteroatoms. The van der Waals surface area contributed by atoms with Crippen LogP contribution in [0.2, 0.25) is 0 Å². The Labute approximate surface area is 129 Å². The van der Waals surface area contributed by atoms with Gasteiger partial charge in [-0.2, -0.15) is 0 Å². The molecule has 1 rings (SSSR count). The zero-order valence-corrected chi connectivity index (χ0v) is 15.3. The molecule has 1 atom stereocenters. The van der Waals surface area contributed by atoms with Gasteiger partial charge < -0.3 is 0 Å². The standard InChI is InChI=1S/C13H21PS4/c1-4-16-13(12-10-8-7-9-11-12)14(15,17-5-2)18-6-3/h7-11,13H,4-6H2,1-3H3. The second kappa shape index (κ2) is 8.97. The van der Waals surface area contributed by atoms with Crippen LogP contribution in [0.5, 0.6) is 0 Å². The predicted octanol–water partition coefficient (Wildman–Crippen LogP) is 6.25. The van der Waals surface area contributed by atoms with Crippen LogP contribution in [0.25, 0.3) is 0 Å². The third-order valence-electron chi connectivity index (χ3n) is 2.31. The fourth-order valence-electron chi connectivity index (χ4n) is 1.68. The van der Waals surface area contributed by atoms with E-state index in [1.165, 1.54) is 5.56 Å². The van der Waals surface area contributed by atoms with E-state index in [0.717, 1.165) is 17.3 Å². The van der Waals surface area contributed by atoms with Gasteiger partial charge in [-0.05, 0) is 22.8 Å². The van der Waals surface area contributed by atoms with Gasteiger partial charge in [0, 0.05) is 0 Å². The van der Waals surface area contributed by atoms with Crippen LogP contribution in [-0.2, 0) is 11.8 Å². The van der Waals surface area contributed by atoms with Crippen molar-refractivity contribution in [1.29, 1.82) is 0 Å². The average molecular weight is 337 g/mol. The molecule has 102 valence electrons. The van der Waals surface area contributed by atoms with Crippen molar-refractivity contribution in [1.82, 2.24) is 0 Å². The van der Waals surface area contributed by atoms with Crippen LogP contribution in [-0.4, -0.2) is 17.3 Å². The topological polar surface area (TPSA) is 0 Å². The summed E-state index contributed by atoms with van der Waals surface area (Å²) < 4.78 is -1.44. The fourth-order valence-corrected chi connectivity index (χ4v) is 16.6. The monoisotopic (exact) mass is 336 g/mol. The molecule has 1 aromatic rings. The minimum Gasteiger partial charge on any atom is -0.147 e. The molecule has 1 unspecified atom stereocenters. The van der Waals surface area contributed by atoms with Crippen molar-refractivity contribution in [3.05, 3.63) is 35.9 Å². The summed E-state index contributed by atoms with van der Waals surface area (Å²) in [6.07, 6.45) is 0. The summed E-state index contributed by atoms with van der Waals surface area (Å²) >= 11 is 12.1. The number of benzene rings is 1. The predicted molar refractivity (Wildman–Crippen MR) is 97.9 cm³/mol. The van der Waals surface area contributed by atoms with Gasteiger partial charge in [0.1, 0.15) is 0 Å². The maximum absolute atomic E-state index is 6.09. The molecule has 0 saturated carbocycles. The fraction of sp³-hybridized carbons (Fsp3) is 0.538. The Hall–Kier alpha value is 0.920. The molecule has 0 heterocycles. The Kier molecular flexibility index (Phi) is 8.45. The van der Waals surface area contributed by atoms with Crippen molar-refractivity contribution in [2.45, 2.75) is 25.8 Å². The second-order valence-electron chi connectivity index (χ2n) is 3.59. The van der Waals surface area contributed by atoms with E-state index in [2.05, 4.69) is 51.1 Å². The molecule has 0 aliphatic heterocycles. The van der Waals surface area contributed by atoms with E-state index in [1.807, 2.05) is 34.5 Å². The Balaban J connectivity index is 3.04. The van der Waals surface area contributed by atoms with E-state index in [-0.39, 0.29) is 0 Å². The molecular weight excluding hydrogens is 315 g/mol. The summed E-state index contributed by atoms with van der Waals surface area (Å²) in [5, 5.41) is 0. The van der Waals surface area contributed by atoms with Crippen LogP contribution >= 0.6 is 39.0 Å². The normalized spacial score (nSPS) is 13.5. The lowest BCUT2D eigenvalue weighted by atomic mass is 10.2. The van der Waals surface area contributed by atoms with Gasteiger partial charge in [-0.25, -0.2) is 0 Å². The van der Waals surface area contributed by atoms with Crippen LogP contribution in [0, 0.1) is 0 Å². The second-order valence-corrected chi connectivity index (χ2v) is 17.4. The maximum atomic E-state index is 6.09. The molecule has 0 amide bonds. The Bertz CT molecular complexity index is 370. The SMILES string of the molecule is CCSC(c1ccccc1)P(=S)(SCC)SCC. The highest BCUT2D eigenvalue weighted by atomic mass is 33.2. The van der Waals surface area contributed by atoms with E-state index in [1.54, 1.807) is 0 Å². The first kappa shape index (κ1) is 17.0. The molecule has 0 N–H and O–H groups in total. The highest BCUT2D eigenvalue weighted by Crippen LogP contribution is 2.80. The number of hydrogen-bond donors (Lipinski definition) is 0. The molecule has 0 radical (unpaired) electrons. The third kappa shape index (κ3) is 4.79. The van der Waals surface area contributed by atoms with Crippen molar-refractivity contribution < 1.29 is 0 Å². The van der Waals surface area contributed by atoms with Gasteiger partial charge in [-0.1, -0.05) is 62.9 Å². The number of rotatable bonds is 8. The lowest BCUT2D eigenvalue weighted by molar-refractivity contribution is 1.36. The Morgan fingerprint density at radius 1 is 1.00 bits per heavy atom. The summed E-state index contributed by atoms with van der Waals surface area (Å²) in [4.78, 5) is 0.494. The van der Waals surface area contributed by atoms with Crippen molar-refractivity contribution in [2.75, 3.05) is 17.3 Å². The first-order chi connectivity index (χ1) is 8.68. The molecule has 0 spiro atoms. The molecule has 0 bridgehead atoms. The van der Waals surface area contributed by atoms with Crippen LogP contribution in [0.4, 0.5) is 0 Å². The van der Waals surface area contributed by atoms with E-state index in [0.29, 0.717) is 4.99 Å². The molecular formula is C13H21PS4. The minimum atomic E-state index is -1.44. The molecule has 0 aliphatic rings. The van der Waals surface area contributed by atoms with Gasteiger partial charge in [-0.3, -0.25) is 0 Å². The quantitative estimate of drug-likeness (QED) is 0.514. The largest absolute Gasteiger partial charge is 0.147 e. The summed E-state index contributed by atoms with van der Waals surface area (Å²) in [6, 6.07) is 10.8. The van der Waals surface area contributed by atoms with Gasteiger partial charge in [0.05, 0.1) is 9.43 Å². The smallest absolute Gasteiger partial charge is 0.0759 e. The average Bonchev–Trinajstić information content (AvgIpc) is 2.37. The van der Waals surface area contributed by atoms with Gasteiger partial charge >= 0.3 is 0 Å². The number of thioether (sulfide) groups is 1. The van der Waals surface area contributed by atoms with Gasteiger partial charge in [0.15, 0.2) is 0 Å². The van der Waals surface area contributed by atoms with Gasteiger partial charge in [0.25, 0.3) is 0 Å². The van der Waals surface area contributed by atoms with Crippen molar-refractivity contribution in [2.24, 2.45) is 0 Å². The van der Waals surface area contributed by atoms with E-state index in [9.17, 15) is 0 Å². The number of hydrogen-bond acceptors (Lipinski definition) is 4. The van der Waals surface area contributed by atoms with Crippen LogP contribution < -0.4 is 0 Å². The van der Waals surface area contributed by atoms with E-state index in [4.69, 9.17) is 11.8 Å². The molecule has 0 fully saturated rings. The Morgan fingerprint density at radius 2 is 1.56 bits per heavy atom. The van der Waals surface area contributed by atoms with Crippen LogP contribution in [0.3, 0.4) is 0 Å². The van der Waals surface area contributed by atoms with Gasteiger partial charge in [0.2, 0.25) is 0 Å². The summed E-state index contributed by atoms with van der Waals surface area (Å²) in [6.45, 7) is 6.68. The van der Waals surface area contributed by atoms with Crippen LogP contribution in [0.15, 0.2) is 30.3 Å². The molecule has 0 aliphatic carbocycles. The zero-order valence-electron chi connectivity index (χ0n) is 11.2. The minimum absolute atomic E-state index is 0.494. The molecule has 18 heavy (non-hydrogen) atoms.